The zero-order valence-electron chi connectivity index (χ0n) is 8.36. The number of carbonyl (C=O) groups excluding carboxylic acids is 2. The summed E-state index contributed by atoms with van der Waals surface area (Å²) in [6.45, 7) is -1.82. The Hall–Kier alpha value is -2.05. The Kier molecular flexibility index (Phi) is 4.08. The Morgan fingerprint density at radius 1 is 1.06 bits per heavy atom. The fourth-order valence-corrected chi connectivity index (χ4v) is 0.844. The first kappa shape index (κ1) is 13.0. The molecule has 0 aliphatic carbocycles. The van der Waals surface area contributed by atoms with Gasteiger partial charge in [0.05, 0.1) is 0 Å². The number of halogens is 3. The zero-order chi connectivity index (χ0) is 12.9. The molecule has 0 radical (unpaired) electrons. The quantitative estimate of drug-likeness (QED) is 0.454. The molecule has 0 N–H and O–H groups in total. The first-order chi connectivity index (χ1) is 7.88. The van der Waals surface area contributed by atoms with E-state index in [9.17, 15) is 22.8 Å². The van der Waals surface area contributed by atoms with Gasteiger partial charge in [0, 0.05) is 0 Å². The molecule has 92 valence electrons. The van der Waals surface area contributed by atoms with E-state index in [0.717, 1.165) is 0 Å². The molecule has 7 heteroatoms. The third kappa shape index (κ3) is 5.01. The van der Waals surface area contributed by atoms with Crippen LogP contribution in [0.15, 0.2) is 30.3 Å². The lowest BCUT2D eigenvalue weighted by Crippen LogP contribution is -2.28. The van der Waals surface area contributed by atoms with Crippen molar-refractivity contribution in [2.24, 2.45) is 0 Å². The van der Waals surface area contributed by atoms with Crippen molar-refractivity contribution in [3.63, 3.8) is 0 Å². The zero-order valence-corrected chi connectivity index (χ0v) is 8.36. The molecule has 1 aromatic rings. The van der Waals surface area contributed by atoms with Crippen LogP contribution < -0.4 is 4.74 Å². The number of rotatable bonds is 2. The van der Waals surface area contributed by atoms with Crippen molar-refractivity contribution in [1.29, 1.82) is 0 Å². The SMILES string of the molecule is O=C(OCC(F)(F)F)C(=O)Oc1ccccc1. The van der Waals surface area contributed by atoms with Crippen molar-refractivity contribution in [2.45, 2.75) is 6.18 Å². The van der Waals surface area contributed by atoms with Crippen molar-refractivity contribution < 1.29 is 32.2 Å². The summed E-state index contributed by atoms with van der Waals surface area (Å²) in [5, 5.41) is 0. The Morgan fingerprint density at radius 3 is 2.18 bits per heavy atom. The highest BCUT2D eigenvalue weighted by atomic mass is 19.4. The fourth-order valence-electron chi connectivity index (χ4n) is 0.844. The lowest BCUT2D eigenvalue weighted by Gasteiger charge is -2.07. The van der Waals surface area contributed by atoms with E-state index in [2.05, 4.69) is 9.47 Å². The normalized spacial score (nSPS) is 10.8. The number of ether oxygens (including phenoxy) is 2. The lowest BCUT2D eigenvalue weighted by atomic mass is 10.3. The van der Waals surface area contributed by atoms with Crippen molar-refractivity contribution in [3.8, 4) is 5.75 Å². The monoisotopic (exact) mass is 248 g/mol. The minimum absolute atomic E-state index is 0.0430. The van der Waals surface area contributed by atoms with Crippen molar-refractivity contribution in [1.82, 2.24) is 0 Å². The van der Waals surface area contributed by atoms with Crippen LogP contribution in [0, 0.1) is 0 Å². The van der Waals surface area contributed by atoms with E-state index in [0.29, 0.717) is 0 Å². The van der Waals surface area contributed by atoms with Crippen molar-refractivity contribution in [2.75, 3.05) is 6.61 Å². The van der Waals surface area contributed by atoms with Crippen LogP contribution >= 0.6 is 0 Å². The molecule has 0 amide bonds. The highest BCUT2D eigenvalue weighted by Crippen LogP contribution is 2.15. The van der Waals surface area contributed by atoms with Crippen LogP contribution in [0.3, 0.4) is 0 Å². The van der Waals surface area contributed by atoms with Crippen molar-refractivity contribution >= 4 is 11.9 Å². The number of benzene rings is 1. The second-order valence-electron chi connectivity index (χ2n) is 2.89. The van der Waals surface area contributed by atoms with Gasteiger partial charge in [-0.25, -0.2) is 9.59 Å². The predicted molar refractivity (Wildman–Crippen MR) is 49.1 cm³/mol. The number of para-hydroxylation sites is 1. The molecule has 0 heterocycles. The van der Waals surface area contributed by atoms with Gasteiger partial charge in [0.1, 0.15) is 5.75 Å². The highest BCUT2D eigenvalue weighted by molar-refractivity contribution is 6.30. The van der Waals surface area contributed by atoms with E-state index in [1.54, 1.807) is 6.07 Å². The Morgan fingerprint density at radius 2 is 1.65 bits per heavy atom. The predicted octanol–water partition coefficient (Wildman–Crippen LogP) is 1.70. The van der Waals surface area contributed by atoms with E-state index < -0.39 is 24.7 Å². The van der Waals surface area contributed by atoms with Crippen LogP contribution in [0.5, 0.6) is 5.75 Å². The number of esters is 2. The molecule has 0 aliphatic heterocycles. The maximum absolute atomic E-state index is 11.7. The first-order valence-electron chi connectivity index (χ1n) is 4.39. The molecule has 0 aliphatic rings. The third-order valence-corrected chi connectivity index (χ3v) is 1.49. The average molecular weight is 248 g/mol. The van der Waals surface area contributed by atoms with Crippen LogP contribution in [0.4, 0.5) is 13.2 Å². The van der Waals surface area contributed by atoms with Gasteiger partial charge in [-0.2, -0.15) is 13.2 Å². The standard InChI is InChI=1S/C10H7F3O4/c11-10(12,13)6-16-8(14)9(15)17-7-4-2-1-3-5-7/h1-5H,6H2. The summed E-state index contributed by atoms with van der Waals surface area (Å²) in [6, 6.07) is 7.44. The largest absolute Gasteiger partial charge is 0.448 e. The molecule has 1 aromatic carbocycles. The Labute approximate surface area is 93.9 Å². The van der Waals surface area contributed by atoms with E-state index in [1.165, 1.54) is 24.3 Å². The second kappa shape index (κ2) is 5.33. The van der Waals surface area contributed by atoms with Gasteiger partial charge in [-0.3, -0.25) is 0 Å². The topological polar surface area (TPSA) is 52.6 Å². The molecule has 17 heavy (non-hydrogen) atoms. The van der Waals surface area contributed by atoms with E-state index in [4.69, 9.17) is 0 Å². The van der Waals surface area contributed by atoms with Gasteiger partial charge in [0.25, 0.3) is 0 Å². The molecule has 4 nitrogen and oxygen atoms in total. The number of alkyl halides is 3. The van der Waals surface area contributed by atoms with Gasteiger partial charge in [0.2, 0.25) is 0 Å². The Bertz CT molecular complexity index is 400. The third-order valence-electron chi connectivity index (χ3n) is 1.49. The summed E-state index contributed by atoms with van der Waals surface area (Å²) in [5.74, 6) is -3.15. The van der Waals surface area contributed by atoms with Gasteiger partial charge >= 0.3 is 18.1 Å². The summed E-state index contributed by atoms with van der Waals surface area (Å²) in [7, 11) is 0. The molecule has 0 aromatic heterocycles. The molecular formula is C10H7F3O4. The molecule has 0 saturated heterocycles. The molecule has 0 spiro atoms. The van der Waals surface area contributed by atoms with Crippen LogP contribution in [0.2, 0.25) is 0 Å². The molecule has 0 saturated carbocycles. The summed E-state index contributed by atoms with van der Waals surface area (Å²) in [4.78, 5) is 21.8. The van der Waals surface area contributed by atoms with Crippen LogP contribution in [0.25, 0.3) is 0 Å². The maximum atomic E-state index is 11.7. The van der Waals surface area contributed by atoms with Gasteiger partial charge in [-0.05, 0) is 12.1 Å². The minimum atomic E-state index is -4.68. The minimum Gasteiger partial charge on any atom is -0.448 e. The fraction of sp³-hybridized carbons (Fsp3) is 0.200. The van der Waals surface area contributed by atoms with E-state index in [-0.39, 0.29) is 5.75 Å². The molecular weight excluding hydrogens is 241 g/mol. The van der Waals surface area contributed by atoms with Crippen LogP contribution in [-0.2, 0) is 14.3 Å². The van der Waals surface area contributed by atoms with E-state index in [1.807, 2.05) is 0 Å². The molecule has 0 atom stereocenters. The molecule has 0 unspecified atom stereocenters. The average Bonchev–Trinajstić information content (AvgIpc) is 2.26. The van der Waals surface area contributed by atoms with Crippen LogP contribution in [0.1, 0.15) is 0 Å². The molecule has 0 bridgehead atoms. The lowest BCUT2D eigenvalue weighted by molar-refractivity contribution is -0.190. The number of carbonyl (C=O) groups is 2. The van der Waals surface area contributed by atoms with Crippen LogP contribution in [-0.4, -0.2) is 24.7 Å². The van der Waals surface area contributed by atoms with Gasteiger partial charge in [0.15, 0.2) is 6.61 Å². The Balaban J connectivity index is 2.46. The molecule has 1 rings (SSSR count). The first-order valence-corrected chi connectivity index (χ1v) is 4.39. The summed E-state index contributed by atoms with van der Waals surface area (Å²) in [6.07, 6.45) is -4.68. The summed E-state index contributed by atoms with van der Waals surface area (Å²) >= 11 is 0. The summed E-state index contributed by atoms with van der Waals surface area (Å²) in [5.41, 5.74) is 0. The second-order valence-corrected chi connectivity index (χ2v) is 2.89. The summed E-state index contributed by atoms with van der Waals surface area (Å²) < 4.78 is 43.2. The highest BCUT2D eigenvalue weighted by Gasteiger charge is 2.31. The van der Waals surface area contributed by atoms with Crippen molar-refractivity contribution in [3.05, 3.63) is 30.3 Å². The molecule has 0 fully saturated rings. The number of hydrogen-bond acceptors (Lipinski definition) is 4. The maximum Gasteiger partial charge on any atom is 0.422 e. The smallest absolute Gasteiger partial charge is 0.422 e. The number of hydrogen-bond donors (Lipinski definition) is 0. The van der Waals surface area contributed by atoms with E-state index >= 15 is 0 Å². The van der Waals surface area contributed by atoms with Gasteiger partial charge < -0.3 is 9.47 Å². The van der Waals surface area contributed by atoms with Gasteiger partial charge in [-0.1, -0.05) is 18.2 Å². The van der Waals surface area contributed by atoms with Gasteiger partial charge in [-0.15, -0.1) is 0 Å².